The SMILES string of the molecule is COCc1cnc(N2CCC([C@H]3CC3CCOc3cc(F)c(CC(=O)N4CCCC4)c(F)c3)CC2)nc1. The lowest BCUT2D eigenvalue weighted by Crippen LogP contribution is -2.35. The summed E-state index contributed by atoms with van der Waals surface area (Å²) in [6.07, 6.45) is 9.63. The molecule has 1 unspecified atom stereocenters. The first-order chi connectivity index (χ1) is 18.0. The first-order valence-corrected chi connectivity index (χ1v) is 13.4. The zero-order valence-electron chi connectivity index (χ0n) is 21.5. The van der Waals surface area contributed by atoms with Crippen molar-refractivity contribution in [3.05, 3.63) is 47.3 Å². The first-order valence-electron chi connectivity index (χ1n) is 13.4. The van der Waals surface area contributed by atoms with Gasteiger partial charge in [-0.1, -0.05) is 0 Å². The van der Waals surface area contributed by atoms with Crippen molar-refractivity contribution in [2.75, 3.05) is 44.8 Å². The highest BCUT2D eigenvalue weighted by Crippen LogP contribution is 2.49. The van der Waals surface area contributed by atoms with Crippen LogP contribution in [0.2, 0.25) is 0 Å². The van der Waals surface area contributed by atoms with E-state index in [9.17, 15) is 13.6 Å². The zero-order chi connectivity index (χ0) is 25.8. The summed E-state index contributed by atoms with van der Waals surface area (Å²) in [5.41, 5.74) is 0.799. The minimum atomic E-state index is -0.712. The van der Waals surface area contributed by atoms with Gasteiger partial charge in [-0.3, -0.25) is 4.79 Å². The minimum Gasteiger partial charge on any atom is -0.493 e. The third-order valence-corrected chi connectivity index (χ3v) is 8.07. The normalized spacial score (nSPS) is 21.9. The summed E-state index contributed by atoms with van der Waals surface area (Å²) in [5, 5.41) is 0. The van der Waals surface area contributed by atoms with E-state index in [1.54, 1.807) is 12.0 Å². The van der Waals surface area contributed by atoms with E-state index in [0.717, 1.165) is 56.7 Å². The Labute approximate surface area is 217 Å². The number of likely N-dealkylation sites (tertiary alicyclic amines) is 1. The number of amides is 1. The van der Waals surface area contributed by atoms with Gasteiger partial charge >= 0.3 is 0 Å². The van der Waals surface area contributed by atoms with Gasteiger partial charge in [0.2, 0.25) is 11.9 Å². The topological polar surface area (TPSA) is 67.8 Å². The van der Waals surface area contributed by atoms with E-state index < -0.39 is 11.6 Å². The Hall–Kier alpha value is -2.81. The van der Waals surface area contributed by atoms with Crippen LogP contribution >= 0.6 is 0 Å². The van der Waals surface area contributed by atoms with Gasteiger partial charge in [0.15, 0.2) is 0 Å². The van der Waals surface area contributed by atoms with E-state index >= 15 is 0 Å². The number of benzene rings is 1. The lowest BCUT2D eigenvalue weighted by Gasteiger charge is -2.32. The number of piperidine rings is 1. The van der Waals surface area contributed by atoms with Gasteiger partial charge in [0, 0.05) is 68.9 Å². The molecule has 1 amide bonds. The maximum Gasteiger partial charge on any atom is 0.227 e. The molecule has 1 aromatic carbocycles. The third-order valence-electron chi connectivity index (χ3n) is 8.07. The van der Waals surface area contributed by atoms with E-state index in [1.165, 1.54) is 18.6 Å². The van der Waals surface area contributed by atoms with Crippen molar-refractivity contribution in [3.8, 4) is 5.75 Å². The molecule has 0 spiro atoms. The summed E-state index contributed by atoms with van der Waals surface area (Å²) < 4.78 is 39.9. The van der Waals surface area contributed by atoms with Crippen molar-refractivity contribution in [1.82, 2.24) is 14.9 Å². The van der Waals surface area contributed by atoms with E-state index in [2.05, 4.69) is 14.9 Å². The summed E-state index contributed by atoms with van der Waals surface area (Å²) in [6.45, 7) is 4.21. The number of carbonyl (C=O) groups is 1. The maximum absolute atomic E-state index is 14.6. The Bertz CT molecular complexity index is 1050. The highest BCUT2D eigenvalue weighted by Gasteiger charge is 2.43. The molecule has 3 heterocycles. The Balaban J connectivity index is 1.04. The summed E-state index contributed by atoms with van der Waals surface area (Å²) in [4.78, 5) is 25.2. The van der Waals surface area contributed by atoms with Crippen LogP contribution in [0.4, 0.5) is 14.7 Å². The van der Waals surface area contributed by atoms with Crippen molar-refractivity contribution in [3.63, 3.8) is 0 Å². The second kappa shape index (κ2) is 11.7. The van der Waals surface area contributed by atoms with Crippen molar-refractivity contribution < 1.29 is 23.0 Å². The lowest BCUT2D eigenvalue weighted by molar-refractivity contribution is -0.129. The van der Waals surface area contributed by atoms with E-state index in [0.29, 0.717) is 44.1 Å². The van der Waals surface area contributed by atoms with E-state index in [1.807, 2.05) is 12.4 Å². The van der Waals surface area contributed by atoms with Gasteiger partial charge in [-0.15, -0.1) is 0 Å². The van der Waals surface area contributed by atoms with Crippen LogP contribution in [0.1, 0.15) is 49.7 Å². The molecule has 0 radical (unpaired) electrons. The number of halogens is 2. The van der Waals surface area contributed by atoms with Gasteiger partial charge in [-0.2, -0.15) is 0 Å². The summed E-state index contributed by atoms with van der Waals surface area (Å²) in [7, 11) is 1.66. The molecule has 2 saturated heterocycles. The number of hydrogen-bond acceptors (Lipinski definition) is 6. The van der Waals surface area contributed by atoms with E-state index in [-0.39, 0.29) is 23.6 Å². The Morgan fingerprint density at radius 2 is 1.73 bits per heavy atom. The number of hydrogen-bond donors (Lipinski definition) is 0. The number of anilines is 1. The standard InChI is InChI=1S/C28H36F2N4O3/c1-36-18-19-16-31-28(32-17-19)34-9-4-20(5-10-34)23-12-21(23)6-11-37-22-13-25(29)24(26(30)14-22)15-27(35)33-7-2-3-8-33/h13-14,16-17,20-21,23H,2-12,15,18H2,1H3/t21?,23-/m1/s1. The van der Waals surface area contributed by atoms with Crippen LogP contribution in [-0.2, 0) is 22.6 Å². The molecule has 200 valence electrons. The third kappa shape index (κ3) is 6.37. The van der Waals surface area contributed by atoms with Crippen molar-refractivity contribution in [2.24, 2.45) is 17.8 Å². The predicted octanol–water partition coefficient (Wildman–Crippen LogP) is 4.39. The first kappa shape index (κ1) is 25.8. The summed E-state index contributed by atoms with van der Waals surface area (Å²) >= 11 is 0. The monoisotopic (exact) mass is 514 g/mol. The van der Waals surface area contributed by atoms with Crippen LogP contribution < -0.4 is 9.64 Å². The molecule has 7 nitrogen and oxygen atoms in total. The van der Waals surface area contributed by atoms with Gasteiger partial charge in [0.1, 0.15) is 17.4 Å². The summed E-state index contributed by atoms with van der Waals surface area (Å²) in [5.74, 6) is 1.32. The molecule has 1 aromatic heterocycles. The van der Waals surface area contributed by atoms with Gasteiger partial charge in [0.05, 0.1) is 19.6 Å². The van der Waals surface area contributed by atoms with Crippen LogP contribution in [0, 0.1) is 29.4 Å². The molecule has 9 heteroatoms. The largest absolute Gasteiger partial charge is 0.493 e. The molecule has 1 aliphatic carbocycles. The highest BCUT2D eigenvalue weighted by molar-refractivity contribution is 5.79. The molecular formula is C28H36F2N4O3. The average molecular weight is 515 g/mol. The molecule has 2 atom stereocenters. The highest BCUT2D eigenvalue weighted by atomic mass is 19.1. The van der Waals surface area contributed by atoms with Crippen LogP contribution in [0.15, 0.2) is 24.5 Å². The van der Waals surface area contributed by atoms with Crippen LogP contribution in [0.25, 0.3) is 0 Å². The van der Waals surface area contributed by atoms with E-state index in [4.69, 9.17) is 9.47 Å². The number of ether oxygens (including phenoxy) is 2. The van der Waals surface area contributed by atoms with Crippen molar-refractivity contribution in [1.29, 1.82) is 0 Å². The fourth-order valence-electron chi connectivity index (χ4n) is 5.85. The second-order valence-electron chi connectivity index (χ2n) is 10.6. The number of rotatable bonds is 10. The van der Waals surface area contributed by atoms with Crippen LogP contribution in [-0.4, -0.2) is 60.7 Å². The Morgan fingerprint density at radius 3 is 2.38 bits per heavy atom. The van der Waals surface area contributed by atoms with Gasteiger partial charge < -0.3 is 19.3 Å². The molecule has 2 aromatic rings. The van der Waals surface area contributed by atoms with Gasteiger partial charge in [0.25, 0.3) is 0 Å². The molecule has 3 fully saturated rings. The van der Waals surface area contributed by atoms with Crippen LogP contribution in [0.3, 0.4) is 0 Å². The molecule has 2 aliphatic heterocycles. The number of nitrogens with zero attached hydrogens (tertiary/aromatic N) is 4. The van der Waals surface area contributed by atoms with Crippen molar-refractivity contribution in [2.45, 2.75) is 51.6 Å². The van der Waals surface area contributed by atoms with Gasteiger partial charge in [-0.05, 0) is 56.3 Å². The van der Waals surface area contributed by atoms with Gasteiger partial charge in [-0.25, -0.2) is 18.7 Å². The number of aromatic nitrogens is 2. The molecule has 0 N–H and O–H groups in total. The van der Waals surface area contributed by atoms with Crippen molar-refractivity contribution >= 4 is 11.9 Å². The number of carbonyl (C=O) groups excluding carboxylic acids is 1. The zero-order valence-corrected chi connectivity index (χ0v) is 21.5. The Kier molecular flexibility index (Phi) is 8.17. The predicted molar refractivity (Wildman–Crippen MR) is 135 cm³/mol. The average Bonchev–Trinajstić information content (AvgIpc) is 3.45. The lowest BCUT2D eigenvalue weighted by atomic mass is 9.90. The molecular weight excluding hydrogens is 478 g/mol. The molecule has 3 aliphatic rings. The molecule has 37 heavy (non-hydrogen) atoms. The fourth-order valence-corrected chi connectivity index (χ4v) is 5.85. The quantitative estimate of drug-likeness (QED) is 0.469. The number of methoxy groups -OCH3 is 1. The second-order valence-corrected chi connectivity index (χ2v) is 10.6. The maximum atomic E-state index is 14.6. The smallest absolute Gasteiger partial charge is 0.227 e. The summed E-state index contributed by atoms with van der Waals surface area (Å²) in [6, 6.07) is 2.42. The molecule has 5 rings (SSSR count). The molecule has 1 saturated carbocycles. The minimum absolute atomic E-state index is 0.172. The fraction of sp³-hybridized carbons (Fsp3) is 0.607. The molecule has 0 bridgehead atoms. The van der Waals surface area contributed by atoms with Crippen LogP contribution in [0.5, 0.6) is 5.75 Å². The Morgan fingerprint density at radius 1 is 1.05 bits per heavy atom.